The molecule has 0 aliphatic carbocycles. The highest BCUT2D eigenvalue weighted by molar-refractivity contribution is 7.13. The number of carbonyl (C=O) groups is 3. The van der Waals surface area contributed by atoms with Crippen LogP contribution in [0.5, 0.6) is 0 Å². The summed E-state index contributed by atoms with van der Waals surface area (Å²) in [6.45, 7) is 4.22. The number of thiazole rings is 1. The molecule has 1 fully saturated rings. The largest absolute Gasteiger partial charge is 0.465 e. The minimum atomic E-state index is -1.23. The van der Waals surface area contributed by atoms with Crippen molar-refractivity contribution in [1.29, 1.82) is 0 Å². The number of nitrogens with zero attached hydrogens (tertiary/aromatic N) is 3. The Morgan fingerprint density at radius 2 is 1.88 bits per heavy atom. The molecule has 10 heteroatoms. The van der Waals surface area contributed by atoms with Crippen LogP contribution in [0.3, 0.4) is 0 Å². The maximum absolute atomic E-state index is 13.2. The number of carboxylic acid groups (broad SMARTS) is 1. The molecule has 3 amide bonds. The van der Waals surface area contributed by atoms with Gasteiger partial charge in [0, 0.05) is 23.7 Å². The Bertz CT molecular complexity index is 1200. The van der Waals surface area contributed by atoms with Crippen molar-refractivity contribution in [2.45, 2.75) is 32.7 Å². The third-order valence-corrected chi connectivity index (χ3v) is 6.63. The summed E-state index contributed by atoms with van der Waals surface area (Å²) in [5.74, 6) is -0.902. The van der Waals surface area contributed by atoms with E-state index in [4.69, 9.17) is 5.11 Å². The fourth-order valence-corrected chi connectivity index (χ4v) is 4.77. The second-order valence-corrected chi connectivity index (χ2v) is 9.28. The Labute approximate surface area is 200 Å². The van der Waals surface area contributed by atoms with Crippen molar-refractivity contribution in [1.82, 2.24) is 14.9 Å². The number of likely N-dealkylation sites (tertiary alicyclic amines) is 1. The van der Waals surface area contributed by atoms with E-state index in [-0.39, 0.29) is 17.8 Å². The van der Waals surface area contributed by atoms with E-state index in [2.05, 4.69) is 27.5 Å². The molecule has 1 aliphatic rings. The molecule has 2 atom stereocenters. The molecule has 3 N–H and O–H groups in total. The van der Waals surface area contributed by atoms with Crippen molar-refractivity contribution in [2.24, 2.45) is 5.92 Å². The average molecular weight is 480 g/mol. The van der Waals surface area contributed by atoms with E-state index in [9.17, 15) is 14.4 Å². The maximum atomic E-state index is 13.2. The number of rotatable bonds is 4. The molecule has 176 valence electrons. The zero-order chi connectivity index (χ0) is 24.2. The Kier molecular flexibility index (Phi) is 6.87. The highest BCUT2D eigenvalue weighted by atomic mass is 32.1. The van der Waals surface area contributed by atoms with E-state index in [0.29, 0.717) is 17.8 Å². The van der Waals surface area contributed by atoms with Crippen molar-refractivity contribution in [2.75, 3.05) is 17.2 Å². The van der Waals surface area contributed by atoms with Gasteiger partial charge in [-0.3, -0.25) is 14.9 Å². The van der Waals surface area contributed by atoms with Crippen LogP contribution in [0.1, 0.15) is 36.9 Å². The molecule has 0 radical (unpaired) electrons. The predicted octanol–water partition coefficient (Wildman–Crippen LogP) is 4.54. The fraction of sp³-hybridized carbons (Fsp3) is 0.292. The number of carbonyl (C=O) groups excluding carboxylic acids is 2. The lowest BCUT2D eigenvalue weighted by atomic mass is 9.89. The topological polar surface area (TPSA) is 125 Å². The van der Waals surface area contributed by atoms with Gasteiger partial charge < -0.3 is 15.3 Å². The van der Waals surface area contributed by atoms with Gasteiger partial charge in [-0.1, -0.05) is 31.2 Å². The third kappa shape index (κ3) is 5.23. The molecular formula is C24H25N5O4S. The molecule has 1 saturated heterocycles. The summed E-state index contributed by atoms with van der Waals surface area (Å²) in [5, 5.41) is 16.5. The Morgan fingerprint density at radius 3 is 2.53 bits per heavy atom. The molecular weight excluding hydrogens is 454 g/mol. The number of piperidine rings is 1. The molecule has 3 heterocycles. The van der Waals surface area contributed by atoms with Gasteiger partial charge in [-0.25, -0.2) is 14.8 Å². The zero-order valence-electron chi connectivity index (χ0n) is 18.8. The van der Waals surface area contributed by atoms with Gasteiger partial charge in [0.05, 0.1) is 17.9 Å². The number of hydrogen-bond donors (Lipinski definition) is 3. The van der Waals surface area contributed by atoms with Gasteiger partial charge in [0.25, 0.3) is 0 Å². The fourth-order valence-electron chi connectivity index (χ4n) is 4.13. The smallest absolute Gasteiger partial charge is 0.410 e. The first-order valence-electron chi connectivity index (χ1n) is 10.9. The van der Waals surface area contributed by atoms with Crippen LogP contribution in [0.25, 0.3) is 10.6 Å². The van der Waals surface area contributed by atoms with E-state index in [0.717, 1.165) is 29.0 Å². The van der Waals surface area contributed by atoms with E-state index in [1.807, 2.05) is 29.6 Å². The van der Waals surface area contributed by atoms with Crippen LogP contribution in [0.4, 0.5) is 16.3 Å². The number of aryl methyl sites for hydroxylation is 1. The molecule has 1 aliphatic heterocycles. The first-order valence-corrected chi connectivity index (χ1v) is 11.8. The average Bonchev–Trinajstić information content (AvgIpc) is 3.35. The molecule has 0 spiro atoms. The molecule has 1 aromatic carbocycles. The second-order valence-electron chi connectivity index (χ2n) is 8.39. The second kappa shape index (κ2) is 10.0. The maximum Gasteiger partial charge on any atom is 0.410 e. The molecule has 34 heavy (non-hydrogen) atoms. The van der Waals surface area contributed by atoms with Gasteiger partial charge in [0.2, 0.25) is 0 Å². The summed E-state index contributed by atoms with van der Waals surface area (Å²) in [7, 11) is 0. The summed E-state index contributed by atoms with van der Waals surface area (Å²) in [5.41, 5.74) is 2.84. The van der Waals surface area contributed by atoms with E-state index >= 15 is 0 Å². The minimum Gasteiger partial charge on any atom is -0.465 e. The molecule has 0 unspecified atom stereocenters. The molecule has 9 nitrogen and oxygen atoms in total. The summed E-state index contributed by atoms with van der Waals surface area (Å²) in [4.78, 5) is 46.8. The van der Waals surface area contributed by atoms with Crippen LogP contribution in [-0.4, -0.2) is 44.4 Å². The molecule has 3 aromatic rings. The lowest BCUT2D eigenvalue weighted by molar-refractivity contribution is -0.146. The van der Waals surface area contributed by atoms with E-state index in [1.54, 1.807) is 35.4 Å². The minimum absolute atomic E-state index is 0.169. The molecule has 2 aromatic heterocycles. The number of anilines is 2. The lowest BCUT2D eigenvalue weighted by Crippen LogP contribution is -2.46. The Balaban J connectivity index is 1.50. The predicted molar refractivity (Wildman–Crippen MR) is 130 cm³/mol. The number of amides is 3. The van der Waals surface area contributed by atoms with Crippen molar-refractivity contribution in [3.63, 3.8) is 0 Å². The number of aromatic nitrogens is 2. The highest BCUT2D eigenvalue weighted by Crippen LogP contribution is 2.34. The van der Waals surface area contributed by atoms with Crippen molar-refractivity contribution in [3.05, 3.63) is 59.2 Å². The van der Waals surface area contributed by atoms with Crippen LogP contribution in [0.15, 0.2) is 48.1 Å². The van der Waals surface area contributed by atoms with E-state index < -0.39 is 17.9 Å². The third-order valence-electron chi connectivity index (χ3n) is 5.81. The number of benzene rings is 1. The van der Waals surface area contributed by atoms with Gasteiger partial charge in [0.15, 0.2) is 0 Å². The van der Waals surface area contributed by atoms with Crippen LogP contribution >= 0.6 is 11.3 Å². The summed E-state index contributed by atoms with van der Waals surface area (Å²) >= 11 is 1.57. The monoisotopic (exact) mass is 479 g/mol. The number of nitrogens with one attached hydrogen (secondary N) is 2. The molecule has 0 saturated carbocycles. The summed E-state index contributed by atoms with van der Waals surface area (Å²) < 4.78 is 0. The highest BCUT2D eigenvalue weighted by Gasteiger charge is 2.34. The molecule has 0 bridgehead atoms. The Morgan fingerprint density at radius 1 is 1.12 bits per heavy atom. The first kappa shape index (κ1) is 23.4. The van der Waals surface area contributed by atoms with E-state index in [1.165, 1.54) is 6.20 Å². The zero-order valence-corrected chi connectivity index (χ0v) is 19.6. The van der Waals surface area contributed by atoms with Gasteiger partial charge >= 0.3 is 17.9 Å². The van der Waals surface area contributed by atoms with Crippen molar-refractivity contribution < 1.29 is 19.5 Å². The standard InChI is InChI=1S/C24H25N5O4S/c1-14-3-8-19(16-4-6-17(7-5-16)22-25-9-10-34-22)29(13-14)23(31)21(30)27-18-11-15(2)20(26-12-18)28-24(32)33/h4-7,9-12,14,19H,3,8,13H2,1-2H3,(H,26,28)(H,27,30)(H,32,33)/t14-,19+/m0/s1. The number of pyridine rings is 1. The summed E-state index contributed by atoms with van der Waals surface area (Å²) in [6, 6.07) is 9.36. The van der Waals surface area contributed by atoms with Crippen molar-refractivity contribution >= 4 is 40.7 Å². The van der Waals surface area contributed by atoms with Gasteiger partial charge in [0.1, 0.15) is 10.8 Å². The molecule has 4 rings (SSSR count). The van der Waals surface area contributed by atoms with Crippen molar-refractivity contribution in [3.8, 4) is 10.6 Å². The quantitative estimate of drug-likeness (QED) is 0.472. The SMILES string of the molecule is Cc1cc(NC(=O)C(=O)N2C[C@@H](C)CC[C@@H]2c2ccc(-c3nccs3)cc2)cnc1NC(=O)O. The first-order chi connectivity index (χ1) is 16.3. The van der Waals surface area contributed by atoms with Crippen LogP contribution in [0.2, 0.25) is 0 Å². The normalized spacial score (nSPS) is 17.8. The van der Waals surface area contributed by atoms with Crippen LogP contribution in [0, 0.1) is 12.8 Å². The van der Waals surface area contributed by atoms with Gasteiger partial charge in [-0.2, -0.15) is 0 Å². The summed E-state index contributed by atoms with van der Waals surface area (Å²) in [6.07, 6.45) is 3.59. The van der Waals surface area contributed by atoms with Gasteiger partial charge in [-0.15, -0.1) is 11.3 Å². The van der Waals surface area contributed by atoms with Crippen LogP contribution < -0.4 is 10.6 Å². The number of hydrogen-bond acceptors (Lipinski definition) is 6. The lowest BCUT2D eigenvalue weighted by Gasteiger charge is -2.38. The van der Waals surface area contributed by atoms with Gasteiger partial charge in [-0.05, 0) is 42.9 Å². The Hall–Kier alpha value is -3.79. The van der Waals surface area contributed by atoms with Crippen LogP contribution in [-0.2, 0) is 9.59 Å².